The molecule has 2 aromatic rings. The van der Waals surface area contributed by atoms with Crippen LogP contribution in [0.3, 0.4) is 0 Å². The number of hydrogen-bond donors (Lipinski definition) is 1. The first-order valence-corrected chi connectivity index (χ1v) is 12.2. The third-order valence-electron chi connectivity index (χ3n) is 5.55. The van der Waals surface area contributed by atoms with Crippen molar-refractivity contribution in [2.75, 3.05) is 26.3 Å². The van der Waals surface area contributed by atoms with E-state index in [-0.39, 0.29) is 21.5 Å². The lowest BCUT2D eigenvalue weighted by atomic mass is 10.1. The number of sulfonamides is 1. The third kappa shape index (κ3) is 4.66. The summed E-state index contributed by atoms with van der Waals surface area (Å²) >= 11 is 6.25. The normalized spacial score (nSPS) is 17.7. The molecule has 2 aliphatic rings. The summed E-state index contributed by atoms with van der Waals surface area (Å²) in [6, 6.07) is 9.43. The maximum absolute atomic E-state index is 13.0. The van der Waals surface area contributed by atoms with Gasteiger partial charge in [-0.2, -0.15) is 4.31 Å². The van der Waals surface area contributed by atoms with Crippen molar-refractivity contribution in [3.05, 3.63) is 52.5 Å². The number of rotatable bonds is 5. The predicted molar refractivity (Wildman–Crippen MR) is 117 cm³/mol. The lowest BCUT2D eigenvalue weighted by Gasteiger charge is -2.26. The fourth-order valence-corrected chi connectivity index (χ4v) is 5.53. The van der Waals surface area contributed by atoms with Gasteiger partial charge in [0.2, 0.25) is 10.0 Å². The summed E-state index contributed by atoms with van der Waals surface area (Å²) in [5, 5.41) is 3.09. The van der Waals surface area contributed by atoms with Gasteiger partial charge in [0, 0.05) is 13.1 Å². The van der Waals surface area contributed by atoms with Crippen LogP contribution in [0.15, 0.2) is 41.3 Å². The first-order chi connectivity index (χ1) is 14.9. The largest absolute Gasteiger partial charge is 0.486 e. The average Bonchev–Trinajstić information content (AvgIpc) is 2.79. The summed E-state index contributed by atoms with van der Waals surface area (Å²) in [5.41, 5.74) is 0.968. The highest BCUT2D eigenvalue weighted by Crippen LogP contribution is 2.33. The second kappa shape index (κ2) is 9.06. The number of carbonyl (C=O) groups excluding carboxylic acids is 1. The van der Waals surface area contributed by atoms with E-state index in [4.69, 9.17) is 21.1 Å². The Balaban J connectivity index is 1.53. The van der Waals surface area contributed by atoms with E-state index in [1.165, 1.54) is 22.5 Å². The Morgan fingerprint density at radius 2 is 1.74 bits per heavy atom. The molecular weight excluding hydrogens is 440 g/mol. The summed E-state index contributed by atoms with van der Waals surface area (Å²) in [6.45, 7) is 3.81. The van der Waals surface area contributed by atoms with Gasteiger partial charge in [-0.15, -0.1) is 0 Å². The molecule has 0 bridgehead atoms. The van der Waals surface area contributed by atoms with Crippen LogP contribution in [0.5, 0.6) is 11.5 Å². The lowest BCUT2D eigenvalue weighted by molar-refractivity contribution is 0.0939. The molecule has 0 unspecified atom stereocenters. The van der Waals surface area contributed by atoms with Crippen molar-refractivity contribution >= 4 is 27.5 Å². The average molecular weight is 465 g/mol. The van der Waals surface area contributed by atoms with Gasteiger partial charge in [-0.3, -0.25) is 4.79 Å². The quantitative estimate of drug-likeness (QED) is 0.727. The van der Waals surface area contributed by atoms with Gasteiger partial charge >= 0.3 is 0 Å². The molecule has 4 rings (SSSR count). The zero-order valence-electron chi connectivity index (χ0n) is 17.3. The van der Waals surface area contributed by atoms with Gasteiger partial charge in [-0.25, -0.2) is 8.42 Å². The van der Waals surface area contributed by atoms with E-state index < -0.39 is 15.9 Å². The van der Waals surface area contributed by atoms with Gasteiger partial charge in [0.05, 0.1) is 21.5 Å². The van der Waals surface area contributed by atoms with Crippen molar-refractivity contribution in [2.24, 2.45) is 0 Å². The third-order valence-corrected chi connectivity index (χ3v) is 7.77. The minimum absolute atomic E-state index is 0.0796. The number of piperidine rings is 1. The fourth-order valence-electron chi connectivity index (χ4n) is 3.78. The Hall–Kier alpha value is -2.29. The lowest BCUT2D eigenvalue weighted by Crippen LogP contribution is -2.35. The summed E-state index contributed by atoms with van der Waals surface area (Å²) < 4.78 is 38.6. The van der Waals surface area contributed by atoms with Crippen LogP contribution < -0.4 is 14.8 Å². The van der Waals surface area contributed by atoms with E-state index in [0.717, 1.165) is 24.8 Å². The first kappa shape index (κ1) is 21.9. The molecule has 0 aliphatic carbocycles. The molecule has 166 valence electrons. The monoisotopic (exact) mass is 464 g/mol. The number of amides is 1. The number of nitrogens with one attached hydrogen (secondary N) is 1. The zero-order chi connectivity index (χ0) is 22.0. The molecule has 1 N–H and O–H groups in total. The second-order valence-electron chi connectivity index (χ2n) is 7.70. The standard InChI is InChI=1S/C22H25ClN2O5S/c1-15(16-5-8-20-21(13-16)30-12-11-29-20)24-22(26)18-14-17(6-7-19(18)23)31(27,28)25-9-3-2-4-10-25/h5-8,13-15H,2-4,9-12H2,1H3,(H,24,26)/t15-/m1/s1. The number of fused-ring (bicyclic) bond motifs is 1. The predicted octanol–water partition coefficient (Wildman–Crippen LogP) is 3.78. The van der Waals surface area contributed by atoms with Crippen molar-refractivity contribution in [3.63, 3.8) is 0 Å². The topological polar surface area (TPSA) is 84.9 Å². The zero-order valence-corrected chi connectivity index (χ0v) is 18.8. The molecule has 2 aliphatic heterocycles. The molecule has 0 spiro atoms. The highest BCUT2D eigenvalue weighted by Gasteiger charge is 2.27. The maximum Gasteiger partial charge on any atom is 0.253 e. The van der Waals surface area contributed by atoms with E-state index in [1.54, 1.807) is 0 Å². The van der Waals surface area contributed by atoms with E-state index in [2.05, 4.69) is 5.32 Å². The number of benzene rings is 2. The molecule has 2 heterocycles. The maximum atomic E-state index is 13.0. The Morgan fingerprint density at radius 1 is 1.03 bits per heavy atom. The first-order valence-electron chi connectivity index (χ1n) is 10.4. The minimum atomic E-state index is -3.66. The highest BCUT2D eigenvalue weighted by molar-refractivity contribution is 7.89. The van der Waals surface area contributed by atoms with E-state index in [9.17, 15) is 13.2 Å². The molecule has 1 fully saturated rings. The van der Waals surface area contributed by atoms with Gasteiger partial charge in [-0.1, -0.05) is 24.1 Å². The number of carbonyl (C=O) groups is 1. The molecule has 0 aromatic heterocycles. The molecule has 2 aromatic carbocycles. The van der Waals surface area contributed by atoms with Crippen molar-refractivity contribution in [1.29, 1.82) is 0 Å². The SMILES string of the molecule is C[C@@H](NC(=O)c1cc(S(=O)(=O)N2CCCCC2)ccc1Cl)c1ccc2c(c1)OCCO2. The van der Waals surface area contributed by atoms with E-state index in [0.29, 0.717) is 37.8 Å². The Labute approximate surface area is 187 Å². The van der Waals surface area contributed by atoms with Crippen molar-refractivity contribution in [2.45, 2.75) is 37.1 Å². The molecule has 1 saturated heterocycles. The number of halogens is 1. The van der Waals surface area contributed by atoms with Gasteiger partial charge in [-0.05, 0) is 55.7 Å². The summed E-state index contributed by atoms with van der Waals surface area (Å²) in [6.07, 6.45) is 2.71. The van der Waals surface area contributed by atoms with Crippen molar-refractivity contribution in [3.8, 4) is 11.5 Å². The van der Waals surface area contributed by atoms with Crippen LogP contribution in [0.25, 0.3) is 0 Å². The summed E-state index contributed by atoms with van der Waals surface area (Å²) in [7, 11) is -3.66. The van der Waals surface area contributed by atoms with Crippen LogP contribution in [0.2, 0.25) is 5.02 Å². The van der Waals surface area contributed by atoms with Crippen LogP contribution >= 0.6 is 11.6 Å². The summed E-state index contributed by atoms with van der Waals surface area (Å²) in [5.74, 6) is 0.868. The van der Waals surface area contributed by atoms with Gasteiger partial charge in [0.1, 0.15) is 13.2 Å². The highest BCUT2D eigenvalue weighted by atomic mass is 35.5. The van der Waals surface area contributed by atoms with Crippen LogP contribution in [0.4, 0.5) is 0 Å². The molecule has 31 heavy (non-hydrogen) atoms. The Kier molecular flexibility index (Phi) is 6.41. The summed E-state index contributed by atoms with van der Waals surface area (Å²) in [4.78, 5) is 13.0. The van der Waals surface area contributed by atoms with Gasteiger partial charge in [0.15, 0.2) is 11.5 Å². The fraction of sp³-hybridized carbons (Fsp3) is 0.409. The van der Waals surface area contributed by atoms with Crippen LogP contribution in [0, 0.1) is 0 Å². The second-order valence-corrected chi connectivity index (χ2v) is 10.0. The van der Waals surface area contributed by atoms with Gasteiger partial charge < -0.3 is 14.8 Å². The van der Waals surface area contributed by atoms with Crippen LogP contribution in [-0.2, 0) is 10.0 Å². The minimum Gasteiger partial charge on any atom is -0.486 e. The number of ether oxygens (including phenoxy) is 2. The molecule has 0 saturated carbocycles. The molecule has 1 amide bonds. The molecule has 1 atom stereocenters. The molecule has 9 heteroatoms. The van der Waals surface area contributed by atoms with E-state index >= 15 is 0 Å². The van der Waals surface area contributed by atoms with E-state index in [1.807, 2.05) is 25.1 Å². The number of hydrogen-bond acceptors (Lipinski definition) is 5. The Morgan fingerprint density at radius 3 is 2.48 bits per heavy atom. The van der Waals surface area contributed by atoms with Crippen LogP contribution in [0.1, 0.15) is 48.1 Å². The molecular formula is C22H25ClN2O5S. The van der Waals surface area contributed by atoms with Crippen LogP contribution in [-0.4, -0.2) is 44.9 Å². The molecule has 0 radical (unpaired) electrons. The Bertz CT molecular complexity index is 1080. The van der Waals surface area contributed by atoms with Gasteiger partial charge in [0.25, 0.3) is 5.91 Å². The van der Waals surface area contributed by atoms with Crippen molar-refractivity contribution < 1.29 is 22.7 Å². The van der Waals surface area contributed by atoms with Crippen molar-refractivity contribution in [1.82, 2.24) is 9.62 Å². The number of nitrogens with zero attached hydrogens (tertiary/aromatic N) is 1. The molecule has 7 nitrogen and oxygen atoms in total. The smallest absolute Gasteiger partial charge is 0.253 e.